The number of carbonyl (C=O) groups excluding carboxylic acids is 1. The van der Waals surface area contributed by atoms with Crippen molar-refractivity contribution in [3.05, 3.63) is 11.1 Å². The summed E-state index contributed by atoms with van der Waals surface area (Å²) in [6, 6.07) is -0.0852. The maximum atomic E-state index is 12.0. The van der Waals surface area contributed by atoms with Gasteiger partial charge in [-0.25, -0.2) is 9.78 Å². The van der Waals surface area contributed by atoms with E-state index in [-0.39, 0.29) is 12.0 Å². The maximum absolute atomic E-state index is 12.0. The van der Waals surface area contributed by atoms with Crippen molar-refractivity contribution in [2.24, 2.45) is 10.9 Å². The van der Waals surface area contributed by atoms with E-state index in [4.69, 9.17) is 4.74 Å². The van der Waals surface area contributed by atoms with Crippen LogP contribution in [0.25, 0.3) is 0 Å². The number of alkyl carbamates (subject to hydrolysis) is 1. The quantitative estimate of drug-likeness (QED) is 0.483. The fraction of sp³-hybridized carbons (Fsp3) is 0.722. The van der Waals surface area contributed by atoms with Crippen molar-refractivity contribution in [1.82, 2.24) is 20.9 Å². The van der Waals surface area contributed by atoms with Crippen LogP contribution in [-0.4, -0.2) is 56.4 Å². The largest absolute Gasteiger partial charge is 0.444 e. The first-order valence-electron chi connectivity index (χ1n) is 9.07. The zero-order valence-electron chi connectivity index (χ0n) is 17.7. The molecular weight excluding hydrogens is 364 g/mol. The van der Waals surface area contributed by atoms with Gasteiger partial charge < -0.3 is 25.6 Å². The van der Waals surface area contributed by atoms with Crippen LogP contribution in [0.3, 0.4) is 0 Å². The average Bonchev–Trinajstić information content (AvgIpc) is 3.01. The third-order valence-corrected chi connectivity index (χ3v) is 4.64. The number of guanidine groups is 1. The second-order valence-corrected chi connectivity index (χ2v) is 8.66. The molecule has 1 heterocycles. The van der Waals surface area contributed by atoms with Crippen molar-refractivity contribution < 1.29 is 9.53 Å². The first-order valence-corrected chi connectivity index (χ1v) is 9.95. The molecule has 9 heteroatoms. The molecular formula is C18H34N6O2S. The van der Waals surface area contributed by atoms with Gasteiger partial charge in [0.2, 0.25) is 0 Å². The van der Waals surface area contributed by atoms with Crippen LogP contribution < -0.4 is 20.9 Å². The summed E-state index contributed by atoms with van der Waals surface area (Å²) in [5.74, 6) is 0.898. The van der Waals surface area contributed by atoms with Crippen molar-refractivity contribution in [2.45, 2.75) is 52.8 Å². The molecule has 0 aliphatic rings. The molecule has 8 nitrogen and oxygen atoms in total. The van der Waals surface area contributed by atoms with E-state index in [1.807, 2.05) is 45.1 Å². The predicted octanol–water partition coefficient (Wildman–Crippen LogP) is 2.42. The van der Waals surface area contributed by atoms with Gasteiger partial charge in [0, 0.05) is 33.1 Å². The number of amides is 1. The first kappa shape index (κ1) is 23.0. The summed E-state index contributed by atoms with van der Waals surface area (Å²) in [6.45, 7) is 10.8. The molecule has 0 bridgehead atoms. The highest BCUT2D eigenvalue weighted by atomic mass is 32.1. The number of anilines is 1. The molecule has 0 aromatic carbocycles. The highest BCUT2D eigenvalue weighted by Gasteiger charge is 2.21. The van der Waals surface area contributed by atoms with Gasteiger partial charge >= 0.3 is 6.09 Å². The monoisotopic (exact) mass is 398 g/mol. The van der Waals surface area contributed by atoms with E-state index in [2.05, 4.69) is 39.8 Å². The highest BCUT2D eigenvalue weighted by molar-refractivity contribution is 7.13. The molecule has 0 saturated heterocycles. The molecule has 1 amide bonds. The zero-order chi connectivity index (χ0) is 20.6. The van der Waals surface area contributed by atoms with E-state index in [1.165, 1.54) is 0 Å². The first-order chi connectivity index (χ1) is 12.5. The number of hydrogen-bond donors (Lipinski definition) is 3. The Morgan fingerprint density at radius 3 is 2.48 bits per heavy atom. The van der Waals surface area contributed by atoms with Gasteiger partial charge in [0.05, 0.1) is 18.3 Å². The number of thiazole rings is 1. The lowest BCUT2D eigenvalue weighted by molar-refractivity contribution is 0.0491. The van der Waals surface area contributed by atoms with Crippen LogP contribution in [0.1, 0.15) is 40.3 Å². The number of rotatable bonds is 7. The SMILES string of the molecule is CN=C(NCc1csc(N(C)C)n1)NCC(NC(=O)OC(C)(C)C)C(C)C. The Morgan fingerprint density at radius 2 is 2.00 bits per heavy atom. The average molecular weight is 399 g/mol. The van der Waals surface area contributed by atoms with Crippen molar-refractivity contribution >= 4 is 28.5 Å². The van der Waals surface area contributed by atoms with E-state index in [0.717, 1.165) is 10.8 Å². The highest BCUT2D eigenvalue weighted by Crippen LogP contribution is 2.17. The fourth-order valence-electron chi connectivity index (χ4n) is 2.10. The van der Waals surface area contributed by atoms with Crippen LogP contribution in [0, 0.1) is 5.92 Å². The number of ether oxygens (including phenoxy) is 1. The Labute approximate surface area is 166 Å². The Bertz CT molecular complexity index is 622. The van der Waals surface area contributed by atoms with E-state index in [1.54, 1.807) is 18.4 Å². The third-order valence-electron chi connectivity index (χ3n) is 3.58. The lowest BCUT2D eigenvalue weighted by Crippen LogP contribution is -2.50. The molecule has 27 heavy (non-hydrogen) atoms. The molecule has 0 radical (unpaired) electrons. The maximum Gasteiger partial charge on any atom is 0.407 e. The van der Waals surface area contributed by atoms with Crippen LogP contribution in [0.4, 0.5) is 9.93 Å². The number of nitrogens with zero attached hydrogens (tertiary/aromatic N) is 3. The van der Waals surface area contributed by atoms with Crippen molar-refractivity contribution in [3.8, 4) is 0 Å². The number of aromatic nitrogens is 1. The molecule has 154 valence electrons. The molecule has 3 N–H and O–H groups in total. The molecule has 0 fully saturated rings. The van der Waals surface area contributed by atoms with Gasteiger partial charge in [-0.3, -0.25) is 4.99 Å². The smallest absolute Gasteiger partial charge is 0.407 e. The summed E-state index contributed by atoms with van der Waals surface area (Å²) in [5, 5.41) is 12.4. The normalized spacial score (nSPS) is 13.3. The second kappa shape index (κ2) is 10.3. The Morgan fingerprint density at radius 1 is 1.33 bits per heavy atom. The summed E-state index contributed by atoms with van der Waals surface area (Å²) in [4.78, 5) is 22.8. The summed E-state index contributed by atoms with van der Waals surface area (Å²) < 4.78 is 5.34. The molecule has 0 aliphatic carbocycles. The van der Waals surface area contributed by atoms with E-state index in [9.17, 15) is 4.79 Å². The third kappa shape index (κ3) is 8.94. The van der Waals surface area contributed by atoms with Gasteiger partial charge in [0.25, 0.3) is 0 Å². The van der Waals surface area contributed by atoms with Crippen LogP contribution in [0.2, 0.25) is 0 Å². The Kier molecular flexibility index (Phi) is 8.81. The van der Waals surface area contributed by atoms with E-state index >= 15 is 0 Å². The standard InChI is InChI=1S/C18H34N6O2S/c1-12(2)14(23-17(25)26-18(3,4)5)10-21-15(19-6)20-9-13-11-27-16(22-13)24(7)8/h11-12,14H,9-10H2,1-8H3,(H,23,25)(H2,19,20,21). The Hall–Kier alpha value is -2.03. The van der Waals surface area contributed by atoms with Gasteiger partial charge in [-0.05, 0) is 26.7 Å². The molecule has 0 aliphatic heterocycles. The van der Waals surface area contributed by atoms with Gasteiger partial charge in [-0.2, -0.15) is 0 Å². The lowest BCUT2D eigenvalue weighted by atomic mass is 10.0. The molecule has 1 aromatic heterocycles. The van der Waals surface area contributed by atoms with Crippen LogP contribution in [0.5, 0.6) is 0 Å². The molecule has 0 saturated carbocycles. The zero-order valence-corrected chi connectivity index (χ0v) is 18.5. The molecule has 1 rings (SSSR count). The van der Waals surface area contributed by atoms with Gasteiger partial charge in [0.1, 0.15) is 5.60 Å². The predicted molar refractivity (Wildman–Crippen MR) is 113 cm³/mol. The lowest BCUT2D eigenvalue weighted by Gasteiger charge is -2.26. The summed E-state index contributed by atoms with van der Waals surface area (Å²) >= 11 is 1.60. The number of hydrogen-bond acceptors (Lipinski definition) is 6. The van der Waals surface area contributed by atoms with E-state index in [0.29, 0.717) is 19.0 Å². The number of carbonyl (C=O) groups is 1. The minimum absolute atomic E-state index is 0.0852. The van der Waals surface area contributed by atoms with Crippen LogP contribution >= 0.6 is 11.3 Å². The molecule has 1 atom stereocenters. The van der Waals surface area contributed by atoms with Crippen molar-refractivity contribution in [3.63, 3.8) is 0 Å². The van der Waals surface area contributed by atoms with Crippen molar-refractivity contribution in [1.29, 1.82) is 0 Å². The van der Waals surface area contributed by atoms with Crippen LogP contribution in [0.15, 0.2) is 10.4 Å². The van der Waals surface area contributed by atoms with Gasteiger partial charge in [-0.15, -0.1) is 11.3 Å². The topological polar surface area (TPSA) is 90.9 Å². The summed E-state index contributed by atoms with van der Waals surface area (Å²) in [7, 11) is 5.66. The van der Waals surface area contributed by atoms with Gasteiger partial charge in [-0.1, -0.05) is 13.8 Å². The van der Waals surface area contributed by atoms with Crippen molar-refractivity contribution in [2.75, 3.05) is 32.6 Å². The minimum Gasteiger partial charge on any atom is -0.444 e. The molecule has 1 unspecified atom stereocenters. The minimum atomic E-state index is -0.518. The summed E-state index contributed by atoms with van der Waals surface area (Å²) in [5.41, 5.74) is 0.439. The fourth-order valence-corrected chi connectivity index (χ4v) is 2.86. The van der Waals surface area contributed by atoms with E-state index < -0.39 is 11.7 Å². The van der Waals surface area contributed by atoms with Gasteiger partial charge in [0.15, 0.2) is 11.1 Å². The number of aliphatic imine (C=N–C) groups is 1. The Balaban J connectivity index is 2.53. The van der Waals surface area contributed by atoms with Crippen LogP contribution in [-0.2, 0) is 11.3 Å². The summed E-state index contributed by atoms with van der Waals surface area (Å²) in [6.07, 6.45) is -0.412. The molecule has 1 aromatic rings. The second-order valence-electron chi connectivity index (χ2n) is 7.82. The molecule has 0 spiro atoms. The number of nitrogens with one attached hydrogen (secondary N) is 3.